The fourth-order valence-electron chi connectivity index (χ4n) is 3.60. The van der Waals surface area contributed by atoms with E-state index in [1.54, 1.807) is 12.1 Å². The van der Waals surface area contributed by atoms with Crippen LogP contribution in [0, 0.1) is 6.92 Å². The third kappa shape index (κ3) is 3.06. The number of hydrogen-bond donors (Lipinski definition) is 2. The van der Waals surface area contributed by atoms with Crippen LogP contribution in [-0.4, -0.2) is 55.1 Å². The number of aromatic carboxylic acids is 1. The molecule has 0 saturated carbocycles. The van der Waals surface area contributed by atoms with E-state index in [0.717, 1.165) is 27.3 Å². The van der Waals surface area contributed by atoms with Crippen LogP contribution in [0.1, 0.15) is 60.5 Å². The van der Waals surface area contributed by atoms with Crippen LogP contribution in [0.4, 0.5) is 0 Å². The van der Waals surface area contributed by atoms with Gasteiger partial charge in [-0.2, -0.15) is 4.52 Å². The number of benzene rings is 1. The summed E-state index contributed by atoms with van der Waals surface area (Å²) in [5, 5.41) is 22.9. The molecule has 1 atom stereocenters. The van der Waals surface area contributed by atoms with Gasteiger partial charge in [0.1, 0.15) is 5.69 Å². The van der Waals surface area contributed by atoms with Crippen LogP contribution in [0.5, 0.6) is 0 Å². The third-order valence-electron chi connectivity index (χ3n) is 5.03. The maximum atomic E-state index is 12.9. The van der Waals surface area contributed by atoms with Gasteiger partial charge in [0.05, 0.1) is 18.7 Å². The number of esters is 1. The summed E-state index contributed by atoms with van der Waals surface area (Å²) in [6.45, 7) is 1.85. The van der Waals surface area contributed by atoms with Crippen LogP contribution >= 0.6 is 0 Å². The van der Waals surface area contributed by atoms with E-state index in [1.165, 1.54) is 7.11 Å². The van der Waals surface area contributed by atoms with Crippen LogP contribution < -0.4 is 5.32 Å². The van der Waals surface area contributed by atoms with E-state index in [-0.39, 0.29) is 23.2 Å². The number of carbonyl (C=O) groups is 3. The van der Waals surface area contributed by atoms with Gasteiger partial charge in [-0.15, -0.1) is 0 Å². The fourth-order valence-corrected chi connectivity index (χ4v) is 3.60. The molecule has 11 nitrogen and oxygen atoms in total. The highest BCUT2D eigenvalue weighted by atomic mass is 16.5. The van der Waals surface area contributed by atoms with Gasteiger partial charge in [0.15, 0.2) is 5.69 Å². The molecule has 1 aliphatic rings. The maximum absolute atomic E-state index is 12.9. The molecule has 0 spiro atoms. The molecule has 4 rings (SSSR count). The lowest BCUT2D eigenvalue weighted by Gasteiger charge is -2.16. The normalized spacial score (nSPS) is 15.2. The number of nitrogens with zero attached hydrogens (tertiary/aromatic N) is 5. The van der Waals surface area contributed by atoms with E-state index in [9.17, 15) is 19.5 Å². The Kier molecular flexibility index (Phi) is 4.41. The lowest BCUT2D eigenvalue weighted by molar-refractivity contribution is 0.0598. The van der Waals surface area contributed by atoms with Gasteiger partial charge in [0.2, 0.25) is 0 Å². The first-order valence-electron chi connectivity index (χ1n) is 8.74. The van der Waals surface area contributed by atoms with E-state index in [4.69, 9.17) is 4.74 Å². The molecule has 11 heteroatoms. The number of carboxylic acid groups (broad SMARTS) is 1. The van der Waals surface area contributed by atoms with Gasteiger partial charge in [-0.05, 0) is 52.9 Å². The SMILES string of the molecule is COC(=O)c1ccc2c(c1C)CC[C@@H]2NC(=O)c1cc(C(=O)O)nc2nnnn12. The molecule has 0 bridgehead atoms. The van der Waals surface area contributed by atoms with Crippen molar-refractivity contribution in [1.29, 1.82) is 0 Å². The summed E-state index contributed by atoms with van der Waals surface area (Å²) in [5.41, 5.74) is 2.85. The Labute approximate surface area is 163 Å². The Bertz CT molecular complexity index is 1170. The fraction of sp³-hybridized carbons (Fsp3) is 0.278. The molecule has 1 aromatic carbocycles. The van der Waals surface area contributed by atoms with Crippen LogP contribution in [0.15, 0.2) is 18.2 Å². The van der Waals surface area contributed by atoms with Crippen LogP contribution in [0.2, 0.25) is 0 Å². The smallest absolute Gasteiger partial charge is 0.354 e. The first-order chi connectivity index (χ1) is 13.9. The number of carbonyl (C=O) groups excluding carboxylic acids is 2. The predicted octanol–water partition coefficient (Wildman–Crippen LogP) is 0.730. The zero-order valence-electron chi connectivity index (χ0n) is 15.5. The quantitative estimate of drug-likeness (QED) is 0.609. The molecule has 0 radical (unpaired) electrons. The highest BCUT2D eigenvalue weighted by molar-refractivity contribution is 5.96. The molecule has 0 aliphatic heterocycles. The number of carboxylic acids is 1. The predicted molar refractivity (Wildman–Crippen MR) is 96.6 cm³/mol. The van der Waals surface area contributed by atoms with Gasteiger partial charge in [-0.25, -0.2) is 14.6 Å². The zero-order chi connectivity index (χ0) is 20.7. The minimum atomic E-state index is -1.29. The van der Waals surface area contributed by atoms with Crippen molar-refractivity contribution in [2.24, 2.45) is 0 Å². The van der Waals surface area contributed by atoms with Crippen molar-refractivity contribution in [3.05, 3.63) is 51.8 Å². The van der Waals surface area contributed by atoms with Crippen molar-refractivity contribution in [3.63, 3.8) is 0 Å². The molecule has 0 fully saturated rings. The molecule has 0 saturated heterocycles. The van der Waals surface area contributed by atoms with Crippen molar-refractivity contribution in [3.8, 4) is 0 Å². The van der Waals surface area contributed by atoms with Crippen molar-refractivity contribution in [2.75, 3.05) is 7.11 Å². The minimum absolute atomic E-state index is 0.0336. The number of methoxy groups -OCH3 is 1. The monoisotopic (exact) mass is 396 g/mol. The van der Waals surface area contributed by atoms with Gasteiger partial charge in [-0.1, -0.05) is 11.2 Å². The number of rotatable bonds is 4. The third-order valence-corrected chi connectivity index (χ3v) is 5.03. The summed E-state index contributed by atoms with van der Waals surface area (Å²) >= 11 is 0. The van der Waals surface area contributed by atoms with E-state index < -0.39 is 17.8 Å². The maximum Gasteiger partial charge on any atom is 0.354 e. The second kappa shape index (κ2) is 6.93. The lowest BCUT2D eigenvalue weighted by Crippen LogP contribution is -2.29. The lowest BCUT2D eigenvalue weighted by atomic mass is 9.98. The second-order valence-corrected chi connectivity index (χ2v) is 6.58. The molecule has 148 valence electrons. The molecule has 29 heavy (non-hydrogen) atoms. The van der Waals surface area contributed by atoms with Crippen LogP contribution in [-0.2, 0) is 11.2 Å². The summed E-state index contributed by atoms with van der Waals surface area (Å²) in [5.74, 6) is -2.31. The highest BCUT2D eigenvalue weighted by Gasteiger charge is 2.29. The topological polar surface area (TPSA) is 149 Å². The number of nitrogens with one attached hydrogen (secondary N) is 1. The van der Waals surface area contributed by atoms with Crippen LogP contribution in [0.25, 0.3) is 5.78 Å². The van der Waals surface area contributed by atoms with E-state index in [1.807, 2.05) is 6.92 Å². The summed E-state index contributed by atoms with van der Waals surface area (Å²) in [6, 6.07) is 4.31. The number of hydrogen-bond acceptors (Lipinski definition) is 8. The molecule has 3 aromatic rings. The highest BCUT2D eigenvalue weighted by Crippen LogP contribution is 2.35. The minimum Gasteiger partial charge on any atom is -0.477 e. The number of tetrazole rings is 1. The average Bonchev–Trinajstić information content (AvgIpc) is 3.34. The molecule has 1 aliphatic carbocycles. The molecule has 1 amide bonds. The van der Waals surface area contributed by atoms with Gasteiger partial charge in [0, 0.05) is 6.07 Å². The van der Waals surface area contributed by atoms with Gasteiger partial charge in [-0.3, -0.25) is 4.79 Å². The first-order valence-corrected chi connectivity index (χ1v) is 8.74. The number of aromatic nitrogens is 5. The number of fused-ring (bicyclic) bond motifs is 2. The summed E-state index contributed by atoms with van der Waals surface area (Å²) in [4.78, 5) is 39.9. The van der Waals surface area contributed by atoms with Gasteiger partial charge in [0.25, 0.3) is 11.7 Å². The average molecular weight is 396 g/mol. The van der Waals surface area contributed by atoms with Crippen molar-refractivity contribution in [1.82, 2.24) is 30.3 Å². The van der Waals surface area contributed by atoms with Crippen molar-refractivity contribution in [2.45, 2.75) is 25.8 Å². The van der Waals surface area contributed by atoms with Crippen molar-refractivity contribution < 1.29 is 24.2 Å². The molecular weight excluding hydrogens is 380 g/mol. The standard InChI is InChI=1S/C18H16N6O5/c1-8-9-5-6-12(11(9)4-3-10(8)17(28)29-2)19-15(25)14-7-13(16(26)27)20-18-21-22-23-24(14)18/h3-4,7,12H,5-6H2,1-2H3,(H,19,25)(H,26,27)/t12-/m0/s1. The Morgan fingerprint density at radius 1 is 1.31 bits per heavy atom. The Balaban J connectivity index is 1.66. The number of amides is 1. The number of ether oxygens (including phenoxy) is 1. The molecule has 2 N–H and O–H groups in total. The van der Waals surface area contributed by atoms with Crippen LogP contribution in [0.3, 0.4) is 0 Å². The summed E-state index contributed by atoms with van der Waals surface area (Å²) in [6.07, 6.45) is 1.33. The Morgan fingerprint density at radius 3 is 2.83 bits per heavy atom. The summed E-state index contributed by atoms with van der Waals surface area (Å²) in [7, 11) is 1.33. The second-order valence-electron chi connectivity index (χ2n) is 6.58. The largest absolute Gasteiger partial charge is 0.477 e. The Hall–Kier alpha value is -3.89. The van der Waals surface area contributed by atoms with Gasteiger partial charge < -0.3 is 15.2 Å². The molecule has 2 heterocycles. The van der Waals surface area contributed by atoms with E-state index in [0.29, 0.717) is 18.4 Å². The molecule has 2 aromatic heterocycles. The van der Waals surface area contributed by atoms with E-state index >= 15 is 0 Å². The first kappa shape index (κ1) is 18.5. The molecule has 0 unspecified atom stereocenters. The zero-order valence-corrected chi connectivity index (χ0v) is 15.5. The van der Waals surface area contributed by atoms with E-state index in [2.05, 4.69) is 25.8 Å². The summed E-state index contributed by atoms with van der Waals surface area (Å²) < 4.78 is 5.89. The van der Waals surface area contributed by atoms with Gasteiger partial charge >= 0.3 is 11.9 Å². The van der Waals surface area contributed by atoms with Crippen molar-refractivity contribution >= 4 is 23.6 Å². The molecular formula is C18H16N6O5. The Morgan fingerprint density at radius 2 is 2.10 bits per heavy atom.